The highest BCUT2D eigenvalue weighted by Gasteiger charge is 2.15. The van der Waals surface area contributed by atoms with E-state index in [-0.39, 0.29) is 0 Å². The number of likely N-dealkylation sites (N-methyl/N-ethyl adjacent to an activating group) is 1. The second-order valence-corrected chi connectivity index (χ2v) is 6.19. The molecule has 3 rings (SSSR count). The SMILES string of the molecule is COc1cc(/C=N\N2CC[NH+](C)CC2)ccc1OC(=O)c1ccncc1. The third-order valence-corrected chi connectivity index (χ3v) is 4.27. The average molecular weight is 355 g/mol. The number of quaternary nitrogens is 1. The highest BCUT2D eigenvalue weighted by Crippen LogP contribution is 2.28. The van der Waals surface area contributed by atoms with Gasteiger partial charge in [-0.25, -0.2) is 4.79 Å². The van der Waals surface area contributed by atoms with Crippen molar-refractivity contribution in [1.29, 1.82) is 0 Å². The summed E-state index contributed by atoms with van der Waals surface area (Å²) in [6.07, 6.45) is 4.90. The van der Waals surface area contributed by atoms with Gasteiger partial charge in [-0.3, -0.25) is 9.99 Å². The molecule has 2 aromatic rings. The first-order valence-electron chi connectivity index (χ1n) is 8.56. The number of rotatable bonds is 5. The van der Waals surface area contributed by atoms with Crippen LogP contribution >= 0.6 is 0 Å². The van der Waals surface area contributed by atoms with Crippen LogP contribution in [0.3, 0.4) is 0 Å². The quantitative estimate of drug-likeness (QED) is 0.480. The fourth-order valence-electron chi connectivity index (χ4n) is 2.64. The molecule has 0 bridgehead atoms. The number of hydrogen-bond acceptors (Lipinski definition) is 6. The molecule has 0 radical (unpaired) electrons. The zero-order valence-corrected chi connectivity index (χ0v) is 15.0. The van der Waals surface area contributed by atoms with Gasteiger partial charge in [0, 0.05) is 12.4 Å². The number of hydrogen-bond donors (Lipinski definition) is 1. The summed E-state index contributed by atoms with van der Waals surface area (Å²) in [5.74, 6) is 0.404. The fraction of sp³-hybridized carbons (Fsp3) is 0.316. The Morgan fingerprint density at radius 2 is 1.92 bits per heavy atom. The van der Waals surface area contributed by atoms with E-state index in [1.165, 1.54) is 4.90 Å². The van der Waals surface area contributed by atoms with Crippen molar-refractivity contribution in [3.05, 3.63) is 53.9 Å². The van der Waals surface area contributed by atoms with Crippen molar-refractivity contribution in [2.45, 2.75) is 0 Å². The molecule has 0 spiro atoms. The number of carbonyl (C=O) groups excluding carboxylic acids is 1. The molecule has 2 heterocycles. The van der Waals surface area contributed by atoms with Gasteiger partial charge >= 0.3 is 5.97 Å². The van der Waals surface area contributed by atoms with Crippen molar-refractivity contribution in [1.82, 2.24) is 9.99 Å². The molecule has 1 saturated heterocycles. The molecular weight excluding hydrogens is 332 g/mol. The zero-order chi connectivity index (χ0) is 18.4. The minimum absolute atomic E-state index is 0.370. The normalized spacial score (nSPS) is 15.2. The summed E-state index contributed by atoms with van der Waals surface area (Å²) in [6, 6.07) is 8.58. The van der Waals surface area contributed by atoms with Crippen LogP contribution in [0.25, 0.3) is 0 Å². The van der Waals surface area contributed by atoms with Gasteiger partial charge in [-0.1, -0.05) is 0 Å². The minimum atomic E-state index is -0.452. The summed E-state index contributed by atoms with van der Waals surface area (Å²) in [6.45, 7) is 4.07. The van der Waals surface area contributed by atoms with E-state index in [0.29, 0.717) is 17.1 Å². The number of aromatic nitrogens is 1. The van der Waals surface area contributed by atoms with Crippen LogP contribution in [-0.2, 0) is 0 Å². The third-order valence-electron chi connectivity index (χ3n) is 4.27. The first kappa shape index (κ1) is 17.9. The van der Waals surface area contributed by atoms with E-state index in [2.05, 4.69) is 22.1 Å². The minimum Gasteiger partial charge on any atom is -0.493 e. The van der Waals surface area contributed by atoms with Gasteiger partial charge in [-0.05, 0) is 35.9 Å². The van der Waals surface area contributed by atoms with Gasteiger partial charge in [0.1, 0.15) is 0 Å². The summed E-state index contributed by atoms with van der Waals surface area (Å²) in [5, 5.41) is 6.59. The number of hydrazone groups is 1. The summed E-state index contributed by atoms with van der Waals surface area (Å²) in [7, 11) is 3.74. The monoisotopic (exact) mass is 355 g/mol. The second kappa shape index (κ2) is 8.44. The van der Waals surface area contributed by atoms with Crippen molar-refractivity contribution < 1.29 is 19.2 Å². The topological polar surface area (TPSA) is 68.5 Å². The number of ether oxygens (including phenoxy) is 2. The predicted octanol–water partition coefficient (Wildman–Crippen LogP) is 0.474. The van der Waals surface area contributed by atoms with Crippen LogP contribution in [0.1, 0.15) is 15.9 Å². The van der Waals surface area contributed by atoms with E-state index in [1.54, 1.807) is 50.0 Å². The number of nitrogens with one attached hydrogen (secondary N) is 1. The zero-order valence-electron chi connectivity index (χ0n) is 15.0. The number of nitrogens with zero attached hydrogens (tertiary/aromatic N) is 3. The summed E-state index contributed by atoms with van der Waals surface area (Å²) >= 11 is 0. The van der Waals surface area contributed by atoms with Crippen molar-refractivity contribution in [3.8, 4) is 11.5 Å². The molecule has 1 aromatic carbocycles. The molecule has 1 aliphatic heterocycles. The Bertz CT molecular complexity index is 772. The average Bonchev–Trinajstić information content (AvgIpc) is 2.69. The molecular formula is C19H23N4O3+. The van der Waals surface area contributed by atoms with E-state index < -0.39 is 5.97 Å². The lowest BCUT2D eigenvalue weighted by atomic mass is 10.2. The molecule has 0 atom stereocenters. The smallest absolute Gasteiger partial charge is 0.343 e. The highest BCUT2D eigenvalue weighted by atomic mass is 16.6. The van der Waals surface area contributed by atoms with Crippen LogP contribution in [0.15, 0.2) is 47.8 Å². The molecule has 0 saturated carbocycles. The standard InChI is InChI=1S/C19H22N4O3/c1-22-9-11-23(12-10-22)21-14-15-3-4-17(18(13-15)25-2)26-19(24)16-5-7-20-8-6-16/h3-8,13-14H,9-12H2,1-2H3/p+1/b21-14-. The van der Waals surface area contributed by atoms with E-state index in [4.69, 9.17) is 9.47 Å². The predicted molar refractivity (Wildman–Crippen MR) is 98.0 cm³/mol. The van der Waals surface area contributed by atoms with Gasteiger partial charge in [-0.15, -0.1) is 0 Å². The summed E-state index contributed by atoms with van der Waals surface area (Å²) < 4.78 is 10.8. The van der Waals surface area contributed by atoms with Gasteiger partial charge in [0.25, 0.3) is 0 Å². The lowest BCUT2D eigenvalue weighted by molar-refractivity contribution is -0.884. The molecule has 0 aliphatic carbocycles. The largest absolute Gasteiger partial charge is 0.493 e. The lowest BCUT2D eigenvalue weighted by Gasteiger charge is -2.27. The highest BCUT2D eigenvalue weighted by molar-refractivity contribution is 5.91. The number of esters is 1. The van der Waals surface area contributed by atoms with Crippen LogP contribution in [0.2, 0.25) is 0 Å². The molecule has 1 aliphatic rings. The number of benzene rings is 1. The number of pyridine rings is 1. The third kappa shape index (κ3) is 4.58. The maximum Gasteiger partial charge on any atom is 0.343 e. The Labute approximate surface area is 152 Å². The maximum atomic E-state index is 12.2. The molecule has 26 heavy (non-hydrogen) atoms. The van der Waals surface area contributed by atoms with E-state index in [0.717, 1.165) is 31.7 Å². The fourth-order valence-corrected chi connectivity index (χ4v) is 2.64. The Morgan fingerprint density at radius 1 is 1.19 bits per heavy atom. The van der Waals surface area contributed by atoms with Gasteiger partial charge in [0.05, 0.1) is 52.1 Å². The number of piperazine rings is 1. The molecule has 7 heteroatoms. The summed E-state index contributed by atoms with van der Waals surface area (Å²) in [5.41, 5.74) is 1.32. The number of carbonyl (C=O) groups is 1. The van der Waals surface area contributed by atoms with E-state index >= 15 is 0 Å². The molecule has 1 aromatic heterocycles. The first-order valence-corrected chi connectivity index (χ1v) is 8.56. The molecule has 136 valence electrons. The Kier molecular flexibility index (Phi) is 5.80. The van der Waals surface area contributed by atoms with Gasteiger partial charge in [0.15, 0.2) is 11.5 Å². The first-order chi connectivity index (χ1) is 12.7. The molecule has 0 unspecified atom stereocenters. The van der Waals surface area contributed by atoms with Crippen molar-refractivity contribution in [3.63, 3.8) is 0 Å². The molecule has 1 fully saturated rings. The van der Waals surface area contributed by atoms with Crippen LogP contribution < -0.4 is 14.4 Å². The Hall–Kier alpha value is -2.93. The second-order valence-electron chi connectivity index (χ2n) is 6.19. The van der Waals surface area contributed by atoms with Gasteiger partial charge in [-0.2, -0.15) is 5.10 Å². The van der Waals surface area contributed by atoms with E-state index in [9.17, 15) is 4.79 Å². The molecule has 7 nitrogen and oxygen atoms in total. The lowest BCUT2D eigenvalue weighted by Crippen LogP contribution is -3.11. The molecule has 1 N–H and O–H groups in total. The van der Waals surface area contributed by atoms with E-state index in [1.807, 2.05) is 6.07 Å². The van der Waals surface area contributed by atoms with Crippen LogP contribution in [-0.4, -0.2) is 62.5 Å². The van der Waals surface area contributed by atoms with Crippen LogP contribution in [0.4, 0.5) is 0 Å². The Balaban J connectivity index is 1.68. The number of methoxy groups -OCH3 is 1. The van der Waals surface area contributed by atoms with Gasteiger partial charge < -0.3 is 14.4 Å². The summed E-state index contributed by atoms with van der Waals surface area (Å²) in [4.78, 5) is 17.6. The van der Waals surface area contributed by atoms with Crippen molar-refractivity contribution in [2.24, 2.45) is 5.10 Å². The van der Waals surface area contributed by atoms with Crippen LogP contribution in [0, 0.1) is 0 Å². The van der Waals surface area contributed by atoms with Crippen molar-refractivity contribution >= 4 is 12.2 Å². The van der Waals surface area contributed by atoms with Crippen molar-refractivity contribution in [2.75, 3.05) is 40.3 Å². The molecule has 0 amide bonds. The maximum absolute atomic E-state index is 12.2. The van der Waals surface area contributed by atoms with Gasteiger partial charge in [0.2, 0.25) is 0 Å². The van der Waals surface area contributed by atoms with Crippen LogP contribution in [0.5, 0.6) is 11.5 Å². The Morgan fingerprint density at radius 3 is 2.62 bits per heavy atom.